The van der Waals surface area contributed by atoms with Crippen LogP contribution in [0, 0.1) is 0 Å². The largest absolute Gasteiger partial charge is 0.541 e. The first-order valence-corrected chi connectivity index (χ1v) is 6.18. The van der Waals surface area contributed by atoms with Gasteiger partial charge in [0.1, 0.15) is 5.94 Å². The molecule has 0 saturated carbocycles. The minimum atomic E-state index is -2.84. The van der Waals surface area contributed by atoms with E-state index in [1.54, 1.807) is 5.94 Å². The van der Waals surface area contributed by atoms with Gasteiger partial charge in [-0.05, 0) is 20.8 Å². The highest BCUT2D eigenvalue weighted by atomic mass is 28.4. The summed E-state index contributed by atoms with van der Waals surface area (Å²) in [6.07, 6.45) is 0. The first-order valence-electron chi connectivity index (χ1n) is 4.38. The molecule has 0 rings (SSSR count). The van der Waals surface area contributed by atoms with Crippen molar-refractivity contribution in [2.45, 2.75) is 20.8 Å². The van der Waals surface area contributed by atoms with Gasteiger partial charge < -0.3 is 13.3 Å². The van der Waals surface area contributed by atoms with Crippen molar-refractivity contribution in [3.05, 3.63) is 5.70 Å². The van der Waals surface area contributed by atoms with Gasteiger partial charge in [-0.3, -0.25) is 0 Å². The van der Waals surface area contributed by atoms with Crippen LogP contribution in [0.1, 0.15) is 20.8 Å². The van der Waals surface area contributed by atoms with Crippen LogP contribution >= 0.6 is 0 Å². The Morgan fingerprint density at radius 3 is 1.69 bits per heavy atom. The third kappa shape index (κ3) is 4.35. The van der Waals surface area contributed by atoms with Gasteiger partial charge in [-0.2, -0.15) is 0 Å². The molecule has 13 heavy (non-hydrogen) atoms. The Balaban J connectivity index is 4.46. The first kappa shape index (κ1) is 12.5. The quantitative estimate of drug-likeness (QED) is 0.458. The second kappa shape index (κ2) is 7.00. The average molecular weight is 204 g/mol. The maximum absolute atomic E-state index is 10.3. The minimum absolute atomic E-state index is 0.463. The fourth-order valence-corrected chi connectivity index (χ4v) is 2.78. The van der Waals surface area contributed by atoms with E-state index in [1.807, 2.05) is 20.8 Å². The molecule has 0 aromatic carbocycles. The Labute approximate surface area is 79.9 Å². The molecule has 0 N–H and O–H groups in total. The fraction of sp³-hybridized carbons (Fsp3) is 0.750. The van der Waals surface area contributed by atoms with E-state index < -0.39 is 8.80 Å². The van der Waals surface area contributed by atoms with Crippen LogP contribution in [0.25, 0.3) is 0 Å². The topological polar surface area (TPSA) is 44.8 Å². The van der Waals surface area contributed by atoms with E-state index >= 15 is 0 Å². The van der Waals surface area contributed by atoms with Gasteiger partial charge in [0.2, 0.25) is 0 Å². The predicted molar refractivity (Wildman–Crippen MR) is 50.9 cm³/mol. The summed E-state index contributed by atoms with van der Waals surface area (Å²) in [6.45, 7) is 6.88. The lowest BCUT2D eigenvalue weighted by Gasteiger charge is -2.23. The van der Waals surface area contributed by atoms with Crippen LogP contribution in [-0.4, -0.2) is 34.6 Å². The molecule has 0 unspecified atom stereocenters. The van der Waals surface area contributed by atoms with Gasteiger partial charge in [0.25, 0.3) is 0 Å². The molecule has 0 spiro atoms. The molecule has 0 aromatic rings. The molecule has 0 aliphatic carbocycles. The maximum Gasteiger partial charge on any atom is 0.541 e. The van der Waals surface area contributed by atoms with Crippen LogP contribution < -0.4 is 0 Å². The molecule has 0 fully saturated rings. The Bertz CT molecular complexity index is 160. The van der Waals surface area contributed by atoms with Crippen molar-refractivity contribution in [1.82, 2.24) is 0 Å². The van der Waals surface area contributed by atoms with Gasteiger partial charge in [0.15, 0.2) is 0 Å². The summed E-state index contributed by atoms with van der Waals surface area (Å²) in [7, 11) is -2.84. The summed E-state index contributed by atoms with van der Waals surface area (Å²) < 4.78 is 16.0. The molecule has 5 heteroatoms. The number of rotatable bonds is 7. The second-order valence-corrected chi connectivity index (χ2v) is 4.53. The zero-order chi connectivity index (χ0) is 10.2. The Kier molecular flexibility index (Phi) is 6.76. The highest BCUT2D eigenvalue weighted by molar-refractivity contribution is 6.67. The third-order valence-corrected chi connectivity index (χ3v) is 3.82. The van der Waals surface area contributed by atoms with E-state index in [0.29, 0.717) is 19.8 Å². The zero-order valence-electron chi connectivity index (χ0n) is 8.33. The molecular formula is C8H16O4Si. The van der Waals surface area contributed by atoms with E-state index in [0.717, 1.165) is 0 Å². The summed E-state index contributed by atoms with van der Waals surface area (Å²) in [6, 6.07) is 0. The molecule has 0 amide bonds. The van der Waals surface area contributed by atoms with E-state index in [4.69, 9.17) is 13.3 Å². The van der Waals surface area contributed by atoms with Crippen LogP contribution in [0.15, 0.2) is 5.70 Å². The standard InChI is InChI=1S/C8H16O4Si/c1-4-10-13(8-7-9,11-5-2)12-6-3/h8H,4-6H2,1-3H3. The summed E-state index contributed by atoms with van der Waals surface area (Å²) in [5.74, 6) is 1.67. The summed E-state index contributed by atoms with van der Waals surface area (Å²) >= 11 is 0. The molecule has 0 heterocycles. The molecule has 0 bridgehead atoms. The Morgan fingerprint density at radius 1 is 1.08 bits per heavy atom. The Hall–Kier alpha value is -0.453. The van der Waals surface area contributed by atoms with Crippen molar-refractivity contribution >= 4 is 14.7 Å². The van der Waals surface area contributed by atoms with Crippen LogP contribution in [0.2, 0.25) is 0 Å². The van der Waals surface area contributed by atoms with Crippen LogP contribution in [0.4, 0.5) is 0 Å². The van der Waals surface area contributed by atoms with Gasteiger partial charge >= 0.3 is 8.80 Å². The number of carbonyl (C=O) groups excluding carboxylic acids is 1. The Morgan fingerprint density at radius 2 is 1.46 bits per heavy atom. The number of hydrogen-bond acceptors (Lipinski definition) is 4. The smallest absolute Gasteiger partial charge is 0.370 e. The van der Waals surface area contributed by atoms with Crippen molar-refractivity contribution in [3.8, 4) is 0 Å². The normalized spacial score (nSPS) is 11.0. The fourth-order valence-electron chi connectivity index (χ4n) is 0.926. The average Bonchev–Trinajstić information content (AvgIpc) is 2.06. The second-order valence-electron chi connectivity index (χ2n) is 2.16. The predicted octanol–water partition coefficient (Wildman–Crippen LogP) is 0.962. The van der Waals surface area contributed by atoms with E-state index in [1.165, 1.54) is 5.70 Å². The molecule has 0 aliphatic rings. The van der Waals surface area contributed by atoms with Crippen molar-refractivity contribution in [3.63, 3.8) is 0 Å². The van der Waals surface area contributed by atoms with Gasteiger partial charge in [-0.15, -0.1) is 0 Å². The van der Waals surface area contributed by atoms with Crippen LogP contribution in [0.3, 0.4) is 0 Å². The molecule has 0 atom stereocenters. The molecule has 0 radical (unpaired) electrons. The zero-order valence-corrected chi connectivity index (χ0v) is 9.33. The maximum atomic E-state index is 10.3. The van der Waals surface area contributed by atoms with Gasteiger partial charge in [-0.1, -0.05) is 0 Å². The first-order chi connectivity index (χ1) is 6.24. The van der Waals surface area contributed by atoms with Crippen molar-refractivity contribution in [2.75, 3.05) is 19.8 Å². The molecule has 0 aliphatic heterocycles. The van der Waals surface area contributed by atoms with Crippen LogP contribution in [-0.2, 0) is 18.1 Å². The van der Waals surface area contributed by atoms with Crippen LogP contribution in [0.5, 0.6) is 0 Å². The monoisotopic (exact) mass is 204 g/mol. The summed E-state index contributed by atoms with van der Waals surface area (Å²) in [4.78, 5) is 10.3. The van der Waals surface area contributed by atoms with E-state index in [9.17, 15) is 4.79 Å². The van der Waals surface area contributed by atoms with E-state index in [-0.39, 0.29) is 0 Å². The molecule has 0 aromatic heterocycles. The van der Waals surface area contributed by atoms with Gasteiger partial charge in [0.05, 0.1) is 5.70 Å². The lowest BCUT2D eigenvalue weighted by molar-refractivity contribution is 0.0846. The summed E-state index contributed by atoms with van der Waals surface area (Å²) in [5, 5.41) is 0. The molecular weight excluding hydrogens is 188 g/mol. The van der Waals surface area contributed by atoms with Gasteiger partial charge in [-0.25, -0.2) is 4.79 Å². The minimum Gasteiger partial charge on any atom is -0.370 e. The van der Waals surface area contributed by atoms with E-state index in [2.05, 4.69) is 0 Å². The lowest BCUT2D eigenvalue weighted by atomic mass is 10.9. The highest BCUT2D eigenvalue weighted by Crippen LogP contribution is 2.09. The SMILES string of the molecule is CCO[Si](C=C=O)(OCC)OCC. The molecule has 0 saturated heterocycles. The molecule has 76 valence electrons. The number of hydrogen-bond donors (Lipinski definition) is 0. The lowest BCUT2D eigenvalue weighted by Crippen LogP contribution is -2.44. The van der Waals surface area contributed by atoms with Gasteiger partial charge in [0, 0.05) is 19.8 Å². The van der Waals surface area contributed by atoms with Crippen molar-refractivity contribution in [1.29, 1.82) is 0 Å². The highest BCUT2D eigenvalue weighted by Gasteiger charge is 2.38. The molecule has 4 nitrogen and oxygen atoms in total. The third-order valence-electron chi connectivity index (χ3n) is 1.27. The van der Waals surface area contributed by atoms with Crippen molar-refractivity contribution < 1.29 is 18.1 Å². The summed E-state index contributed by atoms with van der Waals surface area (Å²) in [5.41, 5.74) is 1.24. The van der Waals surface area contributed by atoms with Crippen molar-refractivity contribution in [2.24, 2.45) is 0 Å².